The van der Waals surface area contributed by atoms with E-state index in [0.29, 0.717) is 35.8 Å². The predicted octanol–water partition coefficient (Wildman–Crippen LogP) is 1.98. The fourth-order valence-corrected chi connectivity index (χ4v) is 3.16. The summed E-state index contributed by atoms with van der Waals surface area (Å²) in [5, 5.41) is 0. The van der Waals surface area contributed by atoms with Gasteiger partial charge in [0.1, 0.15) is 5.69 Å². The monoisotopic (exact) mass is 353 g/mol. The standard InChI is InChI=1S/C19H19N3O4/c1-13(23)14-2-4-15(5-3-14)21-6-8-22(9-7-21)19(24)16-10-17-18(11-20-16)26-12-25-17/h2-5,10-11H,6-9,12H2,1H3. The molecule has 2 aliphatic rings. The highest BCUT2D eigenvalue weighted by Gasteiger charge is 2.25. The number of Topliss-reactive ketones (excluding diaryl/α,β-unsaturated/α-hetero) is 1. The van der Waals surface area contributed by atoms with E-state index in [1.165, 1.54) is 6.20 Å². The number of fused-ring (bicyclic) bond motifs is 1. The van der Waals surface area contributed by atoms with Gasteiger partial charge in [0.15, 0.2) is 17.3 Å². The number of hydrogen-bond acceptors (Lipinski definition) is 6. The van der Waals surface area contributed by atoms with Crippen molar-refractivity contribution in [3.63, 3.8) is 0 Å². The lowest BCUT2D eigenvalue weighted by Gasteiger charge is -2.36. The zero-order valence-electron chi connectivity index (χ0n) is 14.5. The average molecular weight is 353 g/mol. The molecular weight excluding hydrogens is 334 g/mol. The minimum atomic E-state index is -0.102. The van der Waals surface area contributed by atoms with Crippen LogP contribution in [0.2, 0.25) is 0 Å². The van der Waals surface area contributed by atoms with Crippen LogP contribution >= 0.6 is 0 Å². The number of carbonyl (C=O) groups is 2. The third-order valence-corrected chi connectivity index (χ3v) is 4.69. The second-order valence-electron chi connectivity index (χ2n) is 6.31. The molecule has 0 N–H and O–H groups in total. The van der Waals surface area contributed by atoms with Crippen molar-refractivity contribution in [3.8, 4) is 11.5 Å². The minimum Gasteiger partial charge on any atom is -0.453 e. The maximum Gasteiger partial charge on any atom is 0.272 e. The molecule has 3 heterocycles. The van der Waals surface area contributed by atoms with Crippen molar-refractivity contribution in [1.82, 2.24) is 9.88 Å². The average Bonchev–Trinajstić information content (AvgIpc) is 3.15. The van der Waals surface area contributed by atoms with E-state index in [2.05, 4.69) is 9.88 Å². The van der Waals surface area contributed by atoms with Gasteiger partial charge in [0, 0.05) is 43.5 Å². The molecule has 1 amide bonds. The fraction of sp³-hybridized carbons (Fsp3) is 0.316. The summed E-state index contributed by atoms with van der Waals surface area (Å²) in [5.74, 6) is 1.09. The third kappa shape index (κ3) is 3.08. The first-order chi connectivity index (χ1) is 12.6. The third-order valence-electron chi connectivity index (χ3n) is 4.69. The molecule has 7 heteroatoms. The summed E-state index contributed by atoms with van der Waals surface area (Å²) in [6, 6.07) is 9.22. The molecule has 0 atom stereocenters. The fourth-order valence-electron chi connectivity index (χ4n) is 3.16. The molecule has 0 saturated carbocycles. The van der Waals surface area contributed by atoms with Crippen LogP contribution in [0.25, 0.3) is 0 Å². The van der Waals surface area contributed by atoms with Gasteiger partial charge >= 0.3 is 0 Å². The number of hydrogen-bond donors (Lipinski definition) is 0. The number of anilines is 1. The molecule has 1 saturated heterocycles. The Hall–Kier alpha value is -3.09. The highest BCUT2D eigenvalue weighted by molar-refractivity contribution is 5.94. The van der Waals surface area contributed by atoms with Crippen molar-refractivity contribution in [1.29, 1.82) is 0 Å². The zero-order valence-corrected chi connectivity index (χ0v) is 14.5. The molecule has 0 aliphatic carbocycles. The van der Waals surface area contributed by atoms with E-state index in [-0.39, 0.29) is 18.5 Å². The van der Waals surface area contributed by atoms with Gasteiger partial charge in [-0.2, -0.15) is 0 Å². The quantitative estimate of drug-likeness (QED) is 0.786. The topological polar surface area (TPSA) is 72.0 Å². The number of aromatic nitrogens is 1. The maximum absolute atomic E-state index is 12.7. The Balaban J connectivity index is 1.40. The largest absolute Gasteiger partial charge is 0.453 e. The van der Waals surface area contributed by atoms with Crippen molar-refractivity contribution >= 4 is 17.4 Å². The van der Waals surface area contributed by atoms with Crippen LogP contribution in [-0.2, 0) is 0 Å². The number of benzene rings is 1. The van der Waals surface area contributed by atoms with E-state index >= 15 is 0 Å². The first-order valence-electron chi connectivity index (χ1n) is 8.53. The van der Waals surface area contributed by atoms with Crippen LogP contribution in [0.5, 0.6) is 11.5 Å². The molecule has 0 bridgehead atoms. The van der Waals surface area contributed by atoms with Gasteiger partial charge in [-0.15, -0.1) is 0 Å². The second-order valence-corrected chi connectivity index (χ2v) is 6.31. The Kier molecular flexibility index (Phi) is 4.20. The van der Waals surface area contributed by atoms with Crippen molar-refractivity contribution in [2.75, 3.05) is 37.9 Å². The Bertz CT molecular complexity index is 842. The molecular formula is C19H19N3O4. The summed E-state index contributed by atoms with van der Waals surface area (Å²) >= 11 is 0. The number of rotatable bonds is 3. The summed E-state index contributed by atoms with van der Waals surface area (Å²) < 4.78 is 10.5. The number of piperazine rings is 1. The van der Waals surface area contributed by atoms with Crippen LogP contribution in [0.4, 0.5) is 5.69 Å². The number of ketones is 1. The zero-order chi connectivity index (χ0) is 18.1. The maximum atomic E-state index is 12.7. The van der Waals surface area contributed by atoms with E-state index in [9.17, 15) is 9.59 Å². The summed E-state index contributed by atoms with van der Waals surface area (Å²) in [7, 11) is 0. The van der Waals surface area contributed by atoms with Gasteiger partial charge in [0.2, 0.25) is 6.79 Å². The Morgan fingerprint density at radius 3 is 2.38 bits per heavy atom. The van der Waals surface area contributed by atoms with Crippen LogP contribution in [-0.4, -0.2) is 54.5 Å². The number of amides is 1. The summed E-state index contributed by atoms with van der Waals surface area (Å²) in [6.45, 7) is 4.41. The summed E-state index contributed by atoms with van der Waals surface area (Å²) in [5.41, 5.74) is 2.13. The molecule has 0 spiro atoms. The van der Waals surface area contributed by atoms with Crippen LogP contribution in [0.15, 0.2) is 36.5 Å². The van der Waals surface area contributed by atoms with Crippen LogP contribution in [0.1, 0.15) is 27.8 Å². The van der Waals surface area contributed by atoms with Crippen molar-refractivity contribution in [2.45, 2.75) is 6.92 Å². The molecule has 2 aromatic rings. The van der Waals surface area contributed by atoms with E-state index in [0.717, 1.165) is 18.8 Å². The molecule has 26 heavy (non-hydrogen) atoms. The molecule has 1 aromatic heterocycles. The van der Waals surface area contributed by atoms with E-state index in [1.54, 1.807) is 17.9 Å². The van der Waals surface area contributed by atoms with Gasteiger partial charge in [-0.1, -0.05) is 0 Å². The highest BCUT2D eigenvalue weighted by atomic mass is 16.7. The lowest BCUT2D eigenvalue weighted by molar-refractivity contribution is 0.0740. The molecule has 4 rings (SSSR count). The highest BCUT2D eigenvalue weighted by Crippen LogP contribution is 2.31. The molecule has 7 nitrogen and oxygen atoms in total. The Morgan fingerprint density at radius 1 is 1.00 bits per heavy atom. The number of carbonyl (C=O) groups excluding carboxylic acids is 2. The van der Waals surface area contributed by atoms with Gasteiger partial charge in [0.05, 0.1) is 6.20 Å². The molecule has 1 fully saturated rings. The first-order valence-corrected chi connectivity index (χ1v) is 8.53. The van der Waals surface area contributed by atoms with Crippen molar-refractivity contribution in [2.24, 2.45) is 0 Å². The predicted molar refractivity (Wildman–Crippen MR) is 94.9 cm³/mol. The van der Waals surface area contributed by atoms with Crippen molar-refractivity contribution < 1.29 is 19.1 Å². The molecule has 0 radical (unpaired) electrons. The lowest BCUT2D eigenvalue weighted by atomic mass is 10.1. The molecule has 2 aliphatic heterocycles. The van der Waals surface area contributed by atoms with E-state index in [4.69, 9.17) is 9.47 Å². The van der Waals surface area contributed by atoms with Gasteiger partial charge in [0.25, 0.3) is 5.91 Å². The Morgan fingerprint density at radius 2 is 1.69 bits per heavy atom. The number of nitrogens with zero attached hydrogens (tertiary/aromatic N) is 3. The SMILES string of the molecule is CC(=O)c1ccc(N2CCN(C(=O)c3cc4c(cn3)OCO4)CC2)cc1. The number of pyridine rings is 1. The van der Waals surface area contributed by atoms with Crippen LogP contribution in [0, 0.1) is 0 Å². The van der Waals surface area contributed by atoms with Crippen molar-refractivity contribution in [3.05, 3.63) is 47.8 Å². The van der Waals surface area contributed by atoms with Gasteiger partial charge in [-0.05, 0) is 31.2 Å². The minimum absolute atomic E-state index is 0.0585. The van der Waals surface area contributed by atoms with E-state index < -0.39 is 0 Å². The van der Waals surface area contributed by atoms with Gasteiger partial charge in [-0.3, -0.25) is 9.59 Å². The summed E-state index contributed by atoms with van der Waals surface area (Å²) in [6.07, 6.45) is 1.53. The molecule has 134 valence electrons. The molecule has 1 aromatic carbocycles. The van der Waals surface area contributed by atoms with Crippen LogP contribution < -0.4 is 14.4 Å². The first kappa shape index (κ1) is 16.4. The Labute approximate surface area is 151 Å². The van der Waals surface area contributed by atoms with Gasteiger partial charge < -0.3 is 19.3 Å². The van der Waals surface area contributed by atoms with Gasteiger partial charge in [-0.25, -0.2) is 4.98 Å². The molecule has 0 unspecified atom stereocenters. The second kappa shape index (κ2) is 6.67. The van der Waals surface area contributed by atoms with Crippen LogP contribution in [0.3, 0.4) is 0 Å². The smallest absolute Gasteiger partial charge is 0.272 e. The number of ether oxygens (including phenoxy) is 2. The normalized spacial score (nSPS) is 15.9. The lowest BCUT2D eigenvalue weighted by Crippen LogP contribution is -2.49. The summed E-state index contributed by atoms with van der Waals surface area (Å²) in [4.78, 5) is 32.2. The van der Waals surface area contributed by atoms with E-state index in [1.807, 2.05) is 24.3 Å².